The topological polar surface area (TPSA) is 211 Å². The maximum Gasteiger partial charge on any atom is 0.410 e. The lowest BCUT2D eigenvalue weighted by Crippen LogP contribution is -2.49. The Bertz CT molecular complexity index is 1850. The number of pyridine rings is 1. The highest BCUT2D eigenvalue weighted by atomic mass is 19.1. The highest BCUT2D eigenvalue weighted by Crippen LogP contribution is 2.27. The van der Waals surface area contributed by atoms with E-state index in [1.807, 2.05) is 19.9 Å². The Labute approximate surface area is 302 Å². The molecule has 1 aliphatic heterocycles. The zero-order valence-electron chi connectivity index (χ0n) is 29.8. The smallest absolute Gasteiger partial charge is 0.410 e. The fourth-order valence-corrected chi connectivity index (χ4v) is 5.68. The van der Waals surface area contributed by atoms with E-state index in [1.54, 1.807) is 59.0 Å². The fourth-order valence-electron chi connectivity index (χ4n) is 5.68. The van der Waals surface area contributed by atoms with Gasteiger partial charge in [-0.05, 0) is 62.1 Å². The van der Waals surface area contributed by atoms with Gasteiger partial charge >= 0.3 is 12.1 Å². The monoisotopic (exact) mass is 720 g/mol. The lowest BCUT2D eigenvalue weighted by atomic mass is 10.0. The molecule has 2 atom stereocenters. The third-order valence-electron chi connectivity index (χ3n) is 8.90. The molecule has 1 fully saturated rings. The minimum Gasteiger partial charge on any atom is -0.477 e. The molecule has 1 aliphatic rings. The summed E-state index contributed by atoms with van der Waals surface area (Å²) >= 11 is 0. The summed E-state index contributed by atoms with van der Waals surface area (Å²) in [4.78, 5) is 53.6. The number of nitrogens with two attached hydrogens (primary N) is 3. The summed E-state index contributed by atoms with van der Waals surface area (Å²) in [5.74, 6) is -2.19. The van der Waals surface area contributed by atoms with Crippen LogP contribution in [0, 0.1) is 11.7 Å². The zero-order chi connectivity index (χ0) is 37.9. The maximum atomic E-state index is 15.3. The average molecular weight is 721 g/mol. The summed E-state index contributed by atoms with van der Waals surface area (Å²) in [5.41, 5.74) is 19.0. The average Bonchev–Trinajstić information content (AvgIpc) is 3.13. The number of anilines is 2. The second-order valence-corrected chi connectivity index (χ2v) is 12.9. The molecule has 0 aliphatic carbocycles. The molecule has 1 saturated heterocycles. The molecule has 2 heterocycles. The number of carbonyl (C=O) groups is 3. The molecule has 14 nitrogen and oxygen atoms in total. The molecule has 2 aromatic carbocycles. The first kappa shape index (κ1) is 39.4. The zero-order valence-corrected chi connectivity index (χ0v) is 29.8. The lowest BCUT2D eigenvalue weighted by Gasteiger charge is -2.35. The van der Waals surface area contributed by atoms with Crippen LogP contribution in [0.15, 0.2) is 71.4 Å². The molecule has 0 radical (unpaired) electrons. The Morgan fingerprint density at radius 2 is 1.79 bits per heavy atom. The molecule has 1 aromatic heterocycles. The second-order valence-electron chi connectivity index (χ2n) is 12.9. The van der Waals surface area contributed by atoms with Gasteiger partial charge < -0.3 is 52.0 Å². The predicted molar refractivity (Wildman–Crippen MR) is 199 cm³/mol. The van der Waals surface area contributed by atoms with Gasteiger partial charge in [-0.15, -0.1) is 0 Å². The van der Waals surface area contributed by atoms with E-state index < -0.39 is 34.9 Å². The number of benzene rings is 2. The summed E-state index contributed by atoms with van der Waals surface area (Å²) in [6, 6.07) is 8.49. The number of unbranched alkanes of at least 4 members (excludes halogenated alkanes) is 1. The van der Waals surface area contributed by atoms with Crippen LogP contribution >= 0.6 is 0 Å². The number of rotatable bonds is 15. The fraction of sp³-hybridized carbons (Fsp3) is 0.405. The van der Waals surface area contributed by atoms with Crippen molar-refractivity contribution in [2.75, 3.05) is 42.9 Å². The molecule has 0 bridgehead atoms. The van der Waals surface area contributed by atoms with E-state index in [0.29, 0.717) is 48.6 Å². The van der Waals surface area contributed by atoms with Crippen LogP contribution in [0.25, 0.3) is 10.9 Å². The van der Waals surface area contributed by atoms with E-state index in [1.165, 1.54) is 11.1 Å². The van der Waals surface area contributed by atoms with Crippen molar-refractivity contribution in [1.82, 2.24) is 14.8 Å². The van der Waals surface area contributed by atoms with Crippen LogP contribution in [-0.4, -0.2) is 77.4 Å². The van der Waals surface area contributed by atoms with Crippen molar-refractivity contribution < 1.29 is 28.6 Å². The molecule has 1 unspecified atom stereocenters. The summed E-state index contributed by atoms with van der Waals surface area (Å²) in [5, 5.41) is 15.3. The Morgan fingerprint density at radius 1 is 1.10 bits per heavy atom. The number of hydrogen-bond acceptors (Lipinski definition) is 10. The molecule has 280 valence electrons. The SMILES string of the molecule is CCn1cc(C(=O)O)c(=O)c2cc(F)c(N3CCN(C(=O)OCc4ccc(NC(=O)C(/C=C/CCCN)N/C=C(\N)[C@@H](N)C(C)C)cc4)CC3)cc21. The number of halogens is 1. The Hall–Kier alpha value is -5.41. The number of nitrogens with one attached hydrogen (secondary N) is 2. The molecule has 52 heavy (non-hydrogen) atoms. The number of aromatic carboxylic acids is 1. The molecular formula is C37H49FN8O6. The van der Waals surface area contributed by atoms with Crippen LogP contribution in [0.2, 0.25) is 0 Å². The molecule has 9 N–H and O–H groups in total. The van der Waals surface area contributed by atoms with Gasteiger partial charge in [0.25, 0.3) is 5.91 Å². The number of carboxylic acids is 1. The molecule has 0 saturated carbocycles. The van der Waals surface area contributed by atoms with Crippen molar-refractivity contribution in [2.24, 2.45) is 23.1 Å². The number of nitrogens with zero attached hydrogens (tertiary/aromatic N) is 3. The van der Waals surface area contributed by atoms with E-state index >= 15 is 4.39 Å². The van der Waals surface area contributed by atoms with Gasteiger partial charge in [0.15, 0.2) is 0 Å². The Kier molecular flexibility index (Phi) is 13.8. The van der Waals surface area contributed by atoms with Crippen molar-refractivity contribution in [3.63, 3.8) is 0 Å². The molecule has 4 rings (SSSR count). The van der Waals surface area contributed by atoms with Crippen molar-refractivity contribution in [3.05, 3.63) is 93.8 Å². The molecule has 0 spiro atoms. The third kappa shape index (κ3) is 9.88. The van der Waals surface area contributed by atoms with Gasteiger partial charge in [0, 0.05) is 67.9 Å². The van der Waals surface area contributed by atoms with Crippen LogP contribution in [0.5, 0.6) is 0 Å². The van der Waals surface area contributed by atoms with Crippen LogP contribution in [0.1, 0.15) is 49.5 Å². The van der Waals surface area contributed by atoms with Crippen LogP contribution in [0.4, 0.5) is 20.6 Å². The number of carbonyl (C=O) groups excluding carboxylic acids is 2. The molecule has 3 aromatic rings. The van der Waals surface area contributed by atoms with Gasteiger partial charge in [-0.2, -0.15) is 0 Å². The molecule has 15 heteroatoms. The van der Waals surface area contributed by atoms with Crippen LogP contribution < -0.4 is 38.2 Å². The lowest BCUT2D eigenvalue weighted by molar-refractivity contribution is -0.116. The van der Waals surface area contributed by atoms with Crippen LogP contribution in [-0.2, 0) is 22.7 Å². The van der Waals surface area contributed by atoms with Crippen molar-refractivity contribution in [3.8, 4) is 0 Å². The maximum absolute atomic E-state index is 15.3. The first-order chi connectivity index (χ1) is 24.8. The van der Waals surface area contributed by atoms with E-state index in [2.05, 4.69) is 10.6 Å². The van der Waals surface area contributed by atoms with Crippen molar-refractivity contribution in [2.45, 2.75) is 58.8 Å². The standard InChI is InChI=1S/C37H49FN8O6/c1-4-44-21-27(36(49)50)34(47)26-18-28(38)32(19-31(26)44)45-14-16-46(17-15-45)37(51)52-22-24-9-11-25(12-10-24)43-35(48)30(8-6-5-7-13-39)42-20-29(40)33(41)23(2)3/h6,8-12,18-21,23,30,33,42H,4-5,7,13-17,22,39-41H2,1-3H3,(H,43,48)(H,49,50)/b8-6+,29-20-/t30?,33-/m0/s1. The number of fused-ring (bicyclic) bond motifs is 1. The normalized spacial score (nSPS) is 14.9. The number of aromatic nitrogens is 1. The first-order valence-corrected chi connectivity index (χ1v) is 17.3. The largest absolute Gasteiger partial charge is 0.477 e. The highest BCUT2D eigenvalue weighted by molar-refractivity contribution is 5.96. The van der Waals surface area contributed by atoms with Crippen molar-refractivity contribution >= 4 is 40.2 Å². The minimum absolute atomic E-state index is 0.00537. The number of aryl methyl sites for hydroxylation is 1. The molecule has 2 amide bonds. The quantitative estimate of drug-likeness (QED) is 0.0991. The van der Waals surface area contributed by atoms with Gasteiger partial charge in [-0.25, -0.2) is 14.0 Å². The number of carboxylic acid groups (broad SMARTS) is 1. The van der Waals surface area contributed by atoms with E-state index in [-0.39, 0.29) is 48.6 Å². The van der Waals surface area contributed by atoms with Crippen LogP contribution in [0.3, 0.4) is 0 Å². The number of hydrogen-bond donors (Lipinski definition) is 6. The summed E-state index contributed by atoms with van der Waals surface area (Å²) < 4.78 is 22.4. The van der Waals surface area contributed by atoms with Gasteiger partial charge in [0.1, 0.15) is 24.0 Å². The van der Waals surface area contributed by atoms with Gasteiger partial charge in [-0.3, -0.25) is 9.59 Å². The van der Waals surface area contributed by atoms with Gasteiger partial charge in [-0.1, -0.05) is 38.1 Å². The summed E-state index contributed by atoms with van der Waals surface area (Å²) in [6.45, 7) is 7.85. The van der Waals surface area contributed by atoms with E-state index in [4.69, 9.17) is 21.9 Å². The third-order valence-corrected chi connectivity index (χ3v) is 8.90. The number of piperazine rings is 1. The van der Waals surface area contributed by atoms with Crippen molar-refractivity contribution in [1.29, 1.82) is 0 Å². The summed E-state index contributed by atoms with van der Waals surface area (Å²) in [7, 11) is 0. The number of amides is 2. The predicted octanol–water partition coefficient (Wildman–Crippen LogP) is 3.29. The number of allylic oxidation sites excluding steroid dienone is 1. The minimum atomic E-state index is -1.37. The Morgan fingerprint density at radius 3 is 2.40 bits per heavy atom. The van der Waals surface area contributed by atoms with E-state index in [0.717, 1.165) is 18.9 Å². The van der Waals surface area contributed by atoms with E-state index in [9.17, 15) is 24.3 Å². The highest BCUT2D eigenvalue weighted by Gasteiger charge is 2.25. The second kappa shape index (κ2) is 18.2. The number of ether oxygens (including phenoxy) is 1. The molecular weight excluding hydrogens is 671 g/mol. The Balaban J connectivity index is 1.32. The summed E-state index contributed by atoms with van der Waals surface area (Å²) in [6.07, 6.45) is 7.47. The first-order valence-electron chi connectivity index (χ1n) is 17.3. The van der Waals surface area contributed by atoms with Gasteiger partial charge in [0.2, 0.25) is 5.43 Å². The van der Waals surface area contributed by atoms with Gasteiger partial charge in [0.05, 0.1) is 11.2 Å².